The lowest BCUT2D eigenvalue weighted by Crippen LogP contribution is -2.25. The van der Waals surface area contributed by atoms with Gasteiger partial charge >= 0.3 is 0 Å². The first-order chi connectivity index (χ1) is 9.15. The van der Waals surface area contributed by atoms with Crippen molar-refractivity contribution < 1.29 is 0 Å². The number of aromatic nitrogens is 1. The van der Waals surface area contributed by atoms with Gasteiger partial charge in [0.15, 0.2) is 0 Å². The normalized spacial score (nSPS) is 14.1. The molecule has 2 atom stereocenters. The van der Waals surface area contributed by atoms with E-state index in [-0.39, 0.29) is 0 Å². The van der Waals surface area contributed by atoms with Crippen molar-refractivity contribution in [1.29, 1.82) is 0 Å². The second-order valence-corrected chi connectivity index (χ2v) is 5.71. The zero-order chi connectivity index (χ0) is 13.8. The largest absolute Gasteiger partial charge is 0.352 e. The third kappa shape index (κ3) is 2.96. The van der Waals surface area contributed by atoms with Crippen molar-refractivity contribution in [2.45, 2.75) is 25.9 Å². The van der Waals surface area contributed by atoms with Gasteiger partial charge in [-0.1, -0.05) is 12.1 Å². The summed E-state index contributed by atoms with van der Waals surface area (Å²) in [6, 6.07) is 9.03. The first-order valence-corrected chi connectivity index (χ1v) is 7.41. The summed E-state index contributed by atoms with van der Waals surface area (Å²) in [5.41, 5.74) is 1.23. The summed E-state index contributed by atoms with van der Waals surface area (Å²) in [5, 5.41) is 5.41. The summed E-state index contributed by atoms with van der Waals surface area (Å²) < 4.78 is 0. The van der Waals surface area contributed by atoms with E-state index in [0.29, 0.717) is 12.1 Å². The summed E-state index contributed by atoms with van der Waals surface area (Å²) in [6.07, 6.45) is 1.86. The Kier molecular flexibility index (Phi) is 4.56. The van der Waals surface area contributed by atoms with Crippen molar-refractivity contribution in [3.63, 3.8) is 0 Å². The Bertz CT molecular complexity index is 510. The van der Waals surface area contributed by atoms with Gasteiger partial charge in [-0.05, 0) is 38.4 Å². The van der Waals surface area contributed by atoms with Crippen LogP contribution in [0.4, 0.5) is 5.82 Å². The molecule has 0 aliphatic heterocycles. The fourth-order valence-corrected chi connectivity index (χ4v) is 2.93. The number of nitrogens with zero attached hydrogens (tertiary/aromatic N) is 2. The average Bonchev–Trinajstić information content (AvgIpc) is 2.99. The molecule has 0 aromatic carbocycles. The number of rotatable bonds is 5. The minimum absolute atomic E-state index is 0.293. The van der Waals surface area contributed by atoms with Crippen molar-refractivity contribution in [1.82, 2.24) is 10.3 Å². The van der Waals surface area contributed by atoms with E-state index in [2.05, 4.69) is 59.7 Å². The molecule has 2 aromatic heterocycles. The molecular formula is C15H21N3S. The van der Waals surface area contributed by atoms with E-state index in [1.54, 1.807) is 11.3 Å². The molecule has 2 heterocycles. The number of nitrogens with one attached hydrogen (secondary N) is 1. The van der Waals surface area contributed by atoms with E-state index >= 15 is 0 Å². The van der Waals surface area contributed by atoms with Crippen molar-refractivity contribution in [3.8, 4) is 0 Å². The predicted molar refractivity (Wildman–Crippen MR) is 82.8 cm³/mol. The molecule has 0 saturated heterocycles. The maximum absolute atomic E-state index is 4.57. The summed E-state index contributed by atoms with van der Waals surface area (Å²) in [5.74, 6) is 1.05. The average molecular weight is 275 g/mol. The Morgan fingerprint density at radius 1 is 1.26 bits per heavy atom. The van der Waals surface area contributed by atoms with Crippen LogP contribution >= 0.6 is 11.3 Å². The maximum atomic E-state index is 4.57. The van der Waals surface area contributed by atoms with Gasteiger partial charge in [-0.2, -0.15) is 0 Å². The molecule has 1 N–H and O–H groups in total. The molecule has 3 nitrogen and oxygen atoms in total. The molecule has 2 aromatic rings. The Balaban J connectivity index is 2.31. The summed E-state index contributed by atoms with van der Waals surface area (Å²) >= 11 is 1.79. The first kappa shape index (κ1) is 14.0. The fraction of sp³-hybridized carbons (Fsp3) is 0.400. The third-order valence-electron chi connectivity index (χ3n) is 3.59. The number of anilines is 1. The van der Waals surface area contributed by atoms with Crippen LogP contribution in [-0.4, -0.2) is 19.1 Å². The molecule has 0 radical (unpaired) electrons. The van der Waals surface area contributed by atoms with E-state index < -0.39 is 0 Å². The second-order valence-electron chi connectivity index (χ2n) is 4.73. The lowest BCUT2D eigenvalue weighted by molar-refractivity contribution is 0.639. The molecule has 0 saturated carbocycles. The molecule has 0 bridgehead atoms. The highest BCUT2D eigenvalue weighted by molar-refractivity contribution is 7.10. The van der Waals surface area contributed by atoms with Crippen molar-refractivity contribution in [2.75, 3.05) is 19.0 Å². The second kappa shape index (κ2) is 6.17. The molecule has 102 valence electrons. The highest BCUT2D eigenvalue weighted by atomic mass is 32.1. The van der Waals surface area contributed by atoms with E-state index in [4.69, 9.17) is 0 Å². The lowest BCUT2D eigenvalue weighted by atomic mass is 10.1. The molecule has 0 amide bonds. The minimum Gasteiger partial charge on any atom is -0.352 e. The molecule has 4 heteroatoms. The summed E-state index contributed by atoms with van der Waals surface area (Å²) in [4.78, 5) is 8.17. The maximum Gasteiger partial charge on any atom is 0.133 e. The van der Waals surface area contributed by atoms with Crippen LogP contribution in [0.2, 0.25) is 0 Å². The molecular weight excluding hydrogens is 254 g/mol. The zero-order valence-electron chi connectivity index (χ0n) is 11.9. The zero-order valence-corrected chi connectivity index (χ0v) is 12.7. The van der Waals surface area contributed by atoms with Gasteiger partial charge in [-0.15, -0.1) is 11.3 Å². The van der Waals surface area contributed by atoms with Gasteiger partial charge in [0.2, 0.25) is 0 Å². The number of hydrogen-bond acceptors (Lipinski definition) is 4. The lowest BCUT2D eigenvalue weighted by Gasteiger charge is -2.28. The van der Waals surface area contributed by atoms with Gasteiger partial charge in [-0.3, -0.25) is 0 Å². The molecule has 2 rings (SSSR count). The summed E-state index contributed by atoms with van der Waals surface area (Å²) in [6.45, 7) is 4.37. The van der Waals surface area contributed by atoms with Crippen LogP contribution < -0.4 is 10.2 Å². The van der Waals surface area contributed by atoms with Gasteiger partial charge in [0, 0.05) is 29.7 Å². The van der Waals surface area contributed by atoms with Crippen LogP contribution in [0.3, 0.4) is 0 Å². The quantitative estimate of drug-likeness (QED) is 0.903. The monoisotopic (exact) mass is 275 g/mol. The minimum atomic E-state index is 0.293. The smallest absolute Gasteiger partial charge is 0.133 e. The van der Waals surface area contributed by atoms with E-state index in [1.165, 1.54) is 10.4 Å². The van der Waals surface area contributed by atoms with E-state index in [1.807, 2.05) is 19.3 Å². The van der Waals surface area contributed by atoms with Gasteiger partial charge in [0.1, 0.15) is 5.82 Å². The van der Waals surface area contributed by atoms with Crippen molar-refractivity contribution >= 4 is 17.2 Å². The number of hydrogen-bond donors (Lipinski definition) is 1. The van der Waals surface area contributed by atoms with E-state index in [0.717, 1.165) is 5.82 Å². The molecule has 0 fully saturated rings. The summed E-state index contributed by atoms with van der Waals surface area (Å²) in [7, 11) is 4.09. The van der Waals surface area contributed by atoms with Crippen molar-refractivity contribution in [2.24, 2.45) is 0 Å². The first-order valence-electron chi connectivity index (χ1n) is 6.53. The van der Waals surface area contributed by atoms with Gasteiger partial charge in [-0.25, -0.2) is 4.98 Å². The third-order valence-corrected chi connectivity index (χ3v) is 4.63. The Labute approximate surface area is 119 Å². The van der Waals surface area contributed by atoms with Crippen LogP contribution in [0.25, 0.3) is 0 Å². The number of pyridine rings is 1. The standard InChI is InChI=1S/C15H21N3S/c1-11(16-3)13-7-5-9-17-15(13)18(4)12(2)14-8-6-10-19-14/h5-12,16H,1-4H3. The van der Waals surface area contributed by atoms with Gasteiger partial charge in [0.25, 0.3) is 0 Å². The molecule has 0 aliphatic rings. The predicted octanol–water partition coefficient (Wildman–Crippen LogP) is 3.62. The Hall–Kier alpha value is -1.39. The fourth-order valence-electron chi connectivity index (χ4n) is 2.10. The van der Waals surface area contributed by atoms with E-state index in [9.17, 15) is 0 Å². The van der Waals surface area contributed by atoms with Crippen LogP contribution in [0.5, 0.6) is 0 Å². The SMILES string of the molecule is CNC(C)c1cccnc1N(C)C(C)c1cccs1. The molecule has 0 aliphatic carbocycles. The van der Waals surface area contributed by atoms with Crippen molar-refractivity contribution in [3.05, 3.63) is 46.3 Å². The van der Waals surface area contributed by atoms with Gasteiger partial charge in [0.05, 0.1) is 6.04 Å². The van der Waals surface area contributed by atoms with Crippen LogP contribution in [-0.2, 0) is 0 Å². The highest BCUT2D eigenvalue weighted by Gasteiger charge is 2.19. The Morgan fingerprint density at radius 2 is 2.05 bits per heavy atom. The highest BCUT2D eigenvalue weighted by Crippen LogP contribution is 2.31. The molecule has 19 heavy (non-hydrogen) atoms. The van der Waals surface area contributed by atoms with Gasteiger partial charge < -0.3 is 10.2 Å². The van der Waals surface area contributed by atoms with Crippen LogP contribution in [0, 0.1) is 0 Å². The molecule has 2 unspecified atom stereocenters. The molecule has 0 spiro atoms. The number of thiophene rings is 1. The Morgan fingerprint density at radius 3 is 2.68 bits per heavy atom. The van der Waals surface area contributed by atoms with Crippen LogP contribution in [0.15, 0.2) is 35.8 Å². The van der Waals surface area contributed by atoms with Crippen LogP contribution in [0.1, 0.15) is 36.4 Å². The topological polar surface area (TPSA) is 28.2 Å².